The smallest absolute Gasteiger partial charge is 0.872 e. The quantitative estimate of drug-likeness (QED) is 0.399. The van der Waals surface area contributed by atoms with Crippen molar-refractivity contribution in [1.82, 2.24) is 0 Å². The van der Waals surface area contributed by atoms with E-state index in [0.717, 1.165) is 24.8 Å². The molecule has 0 atom stereocenters. The van der Waals surface area contributed by atoms with Gasteiger partial charge in [-0.05, 0) is 48.7 Å². The van der Waals surface area contributed by atoms with Crippen molar-refractivity contribution in [2.24, 2.45) is 0 Å². The molecule has 0 unspecified atom stereocenters. The molecule has 0 saturated carbocycles. The predicted molar refractivity (Wildman–Crippen MR) is 94.7 cm³/mol. The predicted octanol–water partition coefficient (Wildman–Crippen LogP) is 1.32. The average Bonchev–Trinajstić information content (AvgIpc) is 2.56. The summed E-state index contributed by atoms with van der Waals surface area (Å²) in [6.07, 6.45) is 6.44. The normalized spacial score (nSPS) is 11.0. The van der Waals surface area contributed by atoms with Crippen molar-refractivity contribution in [3.8, 4) is 17.2 Å². The van der Waals surface area contributed by atoms with Crippen LogP contribution in [0.3, 0.4) is 0 Å². The summed E-state index contributed by atoms with van der Waals surface area (Å²) in [4.78, 5) is -0.189. The van der Waals surface area contributed by atoms with E-state index in [1.165, 1.54) is 49.6 Å². The third-order valence-corrected chi connectivity index (χ3v) is 4.80. The molecule has 7 heteroatoms. The molecule has 1 N–H and O–H groups in total. The molecular formula is C19H23NaO5S. The van der Waals surface area contributed by atoms with Crippen LogP contribution in [-0.4, -0.2) is 13.0 Å². The first kappa shape index (κ1) is 23.0. The molecule has 0 bridgehead atoms. The van der Waals surface area contributed by atoms with Crippen LogP contribution in [0.15, 0.2) is 47.4 Å². The van der Waals surface area contributed by atoms with Crippen LogP contribution in [0.5, 0.6) is 17.2 Å². The minimum absolute atomic E-state index is 0. The van der Waals surface area contributed by atoms with Gasteiger partial charge in [0.2, 0.25) is 0 Å². The van der Waals surface area contributed by atoms with E-state index in [-0.39, 0.29) is 40.2 Å². The van der Waals surface area contributed by atoms with Crippen LogP contribution in [0, 0.1) is 0 Å². The van der Waals surface area contributed by atoms with Crippen LogP contribution < -0.4 is 39.4 Å². The number of aryl methyl sites for hydroxylation is 1. The summed E-state index contributed by atoms with van der Waals surface area (Å²) in [5.74, 6) is 0.977. The van der Waals surface area contributed by atoms with Crippen LogP contribution in [-0.2, 0) is 16.5 Å². The molecule has 0 spiro atoms. The zero-order chi connectivity index (χ0) is 18.3. The molecule has 0 aromatic heterocycles. The minimum atomic E-state index is -4.22. The first-order valence-electron chi connectivity index (χ1n) is 8.45. The number of benzene rings is 2. The number of hydrogen-bond donors (Lipinski definition) is 1. The van der Waals surface area contributed by atoms with E-state index in [2.05, 4.69) is 6.92 Å². The van der Waals surface area contributed by atoms with Gasteiger partial charge in [-0.15, -0.1) is 5.75 Å². The Morgan fingerprint density at radius 1 is 1.00 bits per heavy atom. The van der Waals surface area contributed by atoms with Crippen molar-refractivity contribution in [2.45, 2.75) is 50.3 Å². The molecule has 0 amide bonds. The zero-order valence-corrected chi connectivity index (χ0v) is 18.1. The molecule has 0 saturated heterocycles. The largest absolute Gasteiger partial charge is 1.00 e. The van der Waals surface area contributed by atoms with Crippen molar-refractivity contribution in [3.63, 3.8) is 0 Å². The monoisotopic (exact) mass is 386 g/mol. The van der Waals surface area contributed by atoms with E-state index < -0.39 is 10.1 Å². The van der Waals surface area contributed by atoms with E-state index in [9.17, 15) is 13.5 Å². The Hall–Kier alpha value is -1.05. The molecule has 0 radical (unpaired) electrons. The van der Waals surface area contributed by atoms with Gasteiger partial charge in [-0.2, -0.15) is 8.42 Å². The Bertz CT molecular complexity index is 788. The summed E-state index contributed by atoms with van der Waals surface area (Å²) in [5, 5.41) is 11.6. The molecule has 136 valence electrons. The number of ether oxygens (including phenoxy) is 1. The van der Waals surface area contributed by atoms with Crippen molar-refractivity contribution in [1.29, 1.82) is 0 Å². The Labute approximate surface area is 177 Å². The van der Waals surface area contributed by atoms with E-state index in [0.29, 0.717) is 11.5 Å². The summed E-state index contributed by atoms with van der Waals surface area (Å²) < 4.78 is 36.9. The Morgan fingerprint density at radius 2 is 1.65 bits per heavy atom. The molecule has 2 aromatic rings. The maximum absolute atomic E-state index is 11.6. The topological polar surface area (TPSA) is 86.7 Å². The van der Waals surface area contributed by atoms with Gasteiger partial charge in [0.05, 0.1) is 4.90 Å². The second-order valence-corrected chi connectivity index (χ2v) is 7.40. The summed E-state index contributed by atoms with van der Waals surface area (Å²) in [6, 6.07) is 10.2. The van der Waals surface area contributed by atoms with Gasteiger partial charge in [-0.25, -0.2) is 0 Å². The van der Waals surface area contributed by atoms with E-state index >= 15 is 0 Å². The van der Waals surface area contributed by atoms with Crippen LogP contribution in [0.4, 0.5) is 0 Å². The Kier molecular flexibility index (Phi) is 9.68. The van der Waals surface area contributed by atoms with Crippen LogP contribution in [0.2, 0.25) is 0 Å². The fourth-order valence-corrected chi connectivity index (χ4v) is 3.06. The Morgan fingerprint density at radius 3 is 2.27 bits per heavy atom. The maximum Gasteiger partial charge on any atom is 1.00 e. The molecule has 0 aliphatic carbocycles. The fourth-order valence-electron chi connectivity index (χ4n) is 2.58. The van der Waals surface area contributed by atoms with Gasteiger partial charge in [0.25, 0.3) is 10.1 Å². The SMILES string of the molecule is CCCCCCCc1cc([O-])ccc1Oc1ccc(S(=O)(=O)O)cc1.[Na+]. The number of hydrogen-bond acceptors (Lipinski definition) is 4. The van der Waals surface area contributed by atoms with E-state index in [1.54, 1.807) is 12.1 Å². The van der Waals surface area contributed by atoms with Crippen molar-refractivity contribution in [2.75, 3.05) is 0 Å². The average molecular weight is 386 g/mol. The molecule has 0 aliphatic heterocycles. The molecule has 0 fully saturated rings. The third-order valence-electron chi connectivity index (χ3n) is 3.93. The summed E-state index contributed by atoms with van der Waals surface area (Å²) in [7, 11) is -4.22. The fraction of sp³-hybridized carbons (Fsp3) is 0.368. The van der Waals surface area contributed by atoms with Crippen molar-refractivity contribution < 1.29 is 52.4 Å². The van der Waals surface area contributed by atoms with Gasteiger partial charge < -0.3 is 9.84 Å². The van der Waals surface area contributed by atoms with Gasteiger partial charge in [0.1, 0.15) is 11.5 Å². The molecular weight excluding hydrogens is 363 g/mol. The summed E-state index contributed by atoms with van der Waals surface area (Å²) >= 11 is 0. The maximum atomic E-state index is 11.6. The van der Waals surface area contributed by atoms with E-state index in [1.807, 2.05) is 0 Å². The van der Waals surface area contributed by atoms with Gasteiger partial charge in [-0.3, -0.25) is 4.55 Å². The zero-order valence-electron chi connectivity index (χ0n) is 15.3. The van der Waals surface area contributed by atoms with Gasteiger partial charge >= 0.3 is 29.6 Å². The molecule has 5 nitrogen and oxygen atoms in total. The minimum Gasteiger partial charge on any atom is -0.872 e. The van der Waals surface area contributed by atoms with Gasteiger partial charge in [-0.1, -0.05) is 44.7 Å². The van der Waals surface area contributed by atoms with Crippen LogP contribution in [0.25, 0.3) is 0 Å². The van der Waals surface area contributed by atoms with E-state index in [4.69, 9.17) is 9.29 Å². The van der Waals surface area contributed by atoms with Crippen molar-refractivity contribution in [3.05, 3.63) is 48.0 Å². The van der Waals surface area contributed by atoms with Crippen LogP contribution >= 0.6 is 0 Å². The number of unbranched alkanes of at least 4 members (excludes halogenated alkanes) is 4. The van der Waals surface area contributed by atoms with Crippen LogP contribution in [0.1, 0.15) is 44.6 Å². The molecule has 0 heterocycles. The molecule has 26 heavy (non-hydrogen) atoms. The number of rotatable bonds is 9. The second-order valence-electron chi connectivity index (χ2n) is 5.98. The standard InChI is InChI=1S/C19H24O5S.Na/c1-2-3-4-5-6-7-15-14-16(20)8-13-19(15)24-17-9-11-18(12-10-17)25(21,22)23;/h8-14,20H,2-7H2,1H3,(H,21,22,23);/q;+1/p-1. The first-order valence-corrected chi connectivity index (χ1v) is 9.89. The molecule has 0 aliphatic rings. The van der Waals surface area contributed by atoms with Crippen molar-refractivity contribution >= 4 is 10.1 Å². The summed E-state index contributed by atoms with van der Waals surface area (Å²) in [5.41, 5.74) is 0.850. The second kappa shape index (κ2) is 10.9. The third kappa shape index (κ3) is 7.29. The Balaban J connectivity index is 0.00000338. The first-order chi connectivity index (χ1) is 11.9. The van der Waals surface area contributed by atoms with Gasteiger partial charge in [0.15, 0.2) is 0 Å². The molecule has 2 aromatic carbocycles. The molecule has 2 rings (SSSR count). The summed E-state index contributed by atoms with van der Waals surface area (Å²) in [6.45, 7) is 2.17. The van der Waals surface area contributed by atoms with Gasteiger partial charge in [0, 0.05) is 0 Å².